The van der Waals surface area contributed by atoms with Crippen LogP contribution in [0.3, 0.4) is 0 Å². The van der Waals surface area contributed by atoms with E-state index in [-0.39, 0.29) is 6.03 Å². The lowest BCUT2D eigenvalue weighted by Gasteiger charge is -2.49. The topological polar surface area (TPSA) is 83.0 Å². The van der Waals surface area contributed by atoms with Crippen molar-refractivity contribution >= 4 is 6.03 Å². The fraction of sp³-hybridized carbons (Fsp3) is 0.467. The number of aromatic nitrogens is 3. The van der Waals surface area contributed by atoms with Gasteiger partial charge in [0.2, 0.25) is 0 Å². The highest BCUT2D eigenvalue weighted by atomic mass is 16.2. The second kappa shape index (κ2) is 11.8. The Balaban J connectivity index is 1.26. The first-order valence-electron chi connectivity index (χ1n) is 13.7. The third-order valence-electron chi connectivity index (χ3n) is 8.16. The third-order valence-corrected chi connectivity index (χ3v) is 8.16. The molecule has 3 aromatic rings. The van der Waals surface area contributed by atoms with Crippen LogP contribution in [-0.2, 0) is 6.54 Å². The molecule has 2 bridgehead atoms. The van der Waals surface area contributed by atoms with Gasteiger partial charge < -0.3 is 10.6 Å². The van der Waals surface area contributed by atoms with Crippen LogP contribution < -0.4 is 10.6 Å². The first kappa shape index (κ1) is 25.3. The number of rotatable bonds is 9. The van der Waals surface area contributed by atoms with Crippen molar-refractivity contribution in [1.82, 2.24) is 30.5 Å². The monoisotopic (exact) mass is 498 g/mol. The molecule has 5 heterocycles. The zero-order chi connectivity index (χ0) is 25.6. The van der Waals surface area contributed by atoms with Gasteiger partial charge in [0.15, 0.2) is 5.82 Å². The first-order valence-corrected chi connectivity index (χ1v) is 13.7. The molecule has 0 spiro atoms. The summed E-state index contributed by atoms with van der Waals surface area (Å²) in [6.07, 6.45) is 8.02. The smallest absolute Gasteiger partial charge is 0.315 e. The minimum Gasteiger partial charge on any atom is -0.337 e. The molecule has 2 amide bonds. The predicted octanol–water partition coefficient (Wildman–Crippen LogP) is 5.12. The van der Waals surface area contributed by atoms with Crippen LogP contribution in [0.1, 0.15) is 68.3 Å². The summed E-state index contributed by atoms with van der Waals surface area (Å²) in [6.45, 7) is 7.76. The molecule has 7 nitrogen and oxygen atoms in total. The van der Waals surface area contributed by atoms with Gasteiger partial charge in [-0.15, -0.1) is 0 Å². The summed E-state index contributed by atoms with van der Waals surface area (Å²) in [5.41, 5.74) is 4.45. The molecule has 3 aliphatic heterocycles. The van der Waals surface area contributed by atoms with Gasteiger partial charge in [-0.1, -0.05) is 44.2 Å². The molecule has 0 saturated carbocycles. The number of piperidine rings is 3. The van der Waals surface area contributed by atoms with Gasteiger partial charge in [-0.2, -0.15) is 0 Å². The van der Waals surface area contributed by atoms with E-state index in [1.54, 1.807) is 0 Å². The summed E-state index contributed by atoms with van der Waals surface area (Å²) >= 11 is 0. The largest absolute Gasteiger partial charge is 0.337 e. The third kappa shape index (κ3) is 5.99. The van der Waals surface area contributed by atoms with Crippen molar-refractivity contribution in [2.24, 2.45) is 5.92 Å². The van der Waals surface area contributed by atoms with Crippen LogP contribution in [0, 0.1) is 5.92 Å². The zero-order valence-electron chi connectivity index (χ0n) is 21.9. The molecule has 3 saturated heterocycles. The molecule has 3 fully saturated rings. The summed E-state index contributed by atoms with van der Waals surface area (Å²) in [7, 11) is 0. The second-order valence-corrected chi connectivity index (χ2v) is 10.4. The number of amides is 2. The van der Waals surface area contributed by atoms with Crippen LogP contribution >= 0.6 is 0 Å². The summed E-state index contributed by atoms with van der Waals surface area (Å²) < 4.78 is 0. The predicted molar refractivity (Wildman–Crippen MR) is 146 cm³/mol. The molecular weight excluding hydrogens is 460 g/mol. The van der Waals surface area contributed by atoms with Crippen LogP contribution in [-0.4, -0.2) is 51.6 Å². The molecule has 7 heteroatoms. The number of hydrogen-bond donors (Lipinski definition) is 2. The molecule has 1 aromatic carbocycles. The fourth-order valence-corrected chi connectivity index (χ4v) is 5.96. The van der Waals surface area contributed by atoms with E-state index < -0.39 is 0 Å². The van der Waals surface area contributed by atoms with Crippen LogP contribution in [0.2, 0.25) is 0 Å². The van der Waals surface area contributed by atoms with Crippen molar-refractivity contribution in [3.63, 3.8) is 0 Å². The van der Waals surface area contributed by atoms with Crippen molar-refractivity contribution in [3.05, 3.63) is 77.9 Å². The summed E-state index contributed by atoms with van der Waals surface area (Å²) in [5, 5.41) is 6.09. The molecule has 3 aliphatic rings. The highest BCUT2D eigenvalue weighted by molar-refractivity contribution is 5.73. The molecule has 0 aliphatic carbocycles. The maximum Gasteiger partial charge on any atom is 0.315 e. The lowest BCUT2D eigenvalue weighted by molar-refractivity contribution is 0.0305. The van der Waals surface area contributed by atoms with Crippen LogP contribution in [0.4, 0.5) is 4.79 Å². The molecule has 0 radical (unpaired) electrons. The molecule has 194 valence electrons. The number of urea groups is 1. The number of fused-ring (bicyclic) bond motifs is 3. The van der Waals surface area contributed by atoms with Crippen molar-refractivity contribution in [2.45, 2.75) is 64.0 Å². The average Bonchev–Trinajstić information content (AvgIpc) is 2.97. The average molecular weight is 499 g/mol. The Morgan fingerprint density at radius 1 is 1.05 bits per heavy atom. The Bertz CT molecular complexity index is 1170. The molecule has 2 aromatic heterocycles. The van der Waals surface area contributed by atoms with Gasteiger partial charge in [0.1, 0.15) is 0 Å². The van der Waals surface area contributed by atoms with Gasteiger partial charge in [0.05, 0.1) is 0 Å². The Labute approximate surface area is 220 Å². The first-order chi connectivity index (χ1) is 18.1. The van der Waals surface area contributed by atoms with Gasteiger partial charge >= 0.3 is 6.03 Å². The lowest BCUT2D eigenvalue weighted by atomic mass is 9.74. The maximum atomic E-state index is 12.4. The number of nitrogens with zero attached hydrogens (tertiary/aromatic N) is 4. The number of carbonyl (C=O) groups is 1. The molecule has 2 N–H and O–H groups in total. The van der Waals surface area contributed by atoms with Gasteiger partial charge in [0, 0.05) is 66.9 Å². The quantitative estimate of drug-likeness (QED) is 0.428. The molecule has 6 rings (SSSR count). The Kier molecular flexibility index (Phi) is 8.09. The van der Waals surface area contributed by atoms with Crippen molar-refractivity contribution in [1.29, 1.82) is 0 Å². The van der Waals surface area contributed by atoms with Crippen LogP contribution in [0.5, 0.6) is 0 Å². The van der Waals surface area contributed by atoms with E-state index >= 15 is 0 Å². The lowest BCUT2D eigenvalue weighted by Crippen LogP contribution is -2.56. The Morgan fingerprint density at radius 2 is 1.84 bits per heavy atom. The van der Waals surface area contributed by atoms with E-state index in [1.165, 1.54) is 12.1 Å². The normalized spacial score (nSPS) is 22.7. The van der Waals surface area contributed by atoms with E-state index in [0.717, 1.165) is 55.0 Å². The van der Waals surface area contributed by atoms with E-state index in [0.29, 0.717) is 36.9 Å². The van der Waals surface area contributed by atoms with Crippen LogP contribution in [0.25, 0.3) is 11.4 Å². The molecular formula is C30H38N6O. The molecule has 37 heavy (non-hydrogen) atoms. The Morgan fingerprint density at radius 3 is 2.54 bits per heavy atom. The summed E-state index contributed by atoms with van der Waals surface area (Å²) in [4.78, 5) is 29.2. The van der Waals surface area contributed by atoms with Crippen molar-refractivity contribution in [2.75, 3.05) is 19.6 Å². The Hall–Kier alpha value is -3.32. The number of hydrogen-bond acceptors (Lipinski definition) is 5. The van der Waals surface area contributed by atoms with E-state index in [2.05, 4.69) is 40.4 Å². The van der Waals surface area contributed by atoms with E-state index in [4.69, 9.17) is 9.97 Å². The highest BCUT2D eigenvalue weighted by Crippen LogP contribution is 2.42. The number of pyridine rings is 1. The van der Waals surface area contributed by atoms with Crippen molar-refractivity contribution in [3.8, 4) is 11.4 Å². The maximum absolute atomic E-state index is 12.4. The summed E-state index contributed by atoms with van der Waals surface area (Å²) in [5.74, 6) is 2.22. The highest BCUT2D eigenvalue weighted by Gasteiger charge is 2.41. The molecule has 1 unspecified atom stereocenters. The summed E-state index contributed by atoms with van der Waals surface area (Å²) in [6, 6.07) is 16.5. The second-order valence-electron chi connectivity index (χ2n) is 10.4. The molecule has 4 atom stereocenters. The zero-order valence-corrected chi connectivity index (χ0v) is 21.9. The number of nitrogens with one attached hydrogen (secondary N) is 2. The van der Waals surface area contributed by atoms with Crippen LogP contribution in [0.15, 0.2) is 60.9 Å². The number of benzene rings is 1. The standard InChI is InChI=1S/C30H38N6O/c1-3-22(4-2)27-17-28(35-29(34-27)23-10-13-31-14-11-23)26-20-36-15-12-24(26)16-25(36)19-33-30(37)32-18-21-8-6-5-7-9-21/h5-11,13-14,17,22,24-26H,3-4,12,15-16,18-20H2,1-2H3,(H2,32,33,37)/t24-,25+,26-/m0/s1. The van der Waals surface area contributed by atoms with Gasteiger partial charge in [0.25, 0.3) is 0 Å². The minimum atomic E-state index is -0.101. The van der Waals surface area contributed by atoms with Gasteiger partial charge in [-0.25, -0.2) is 14.8 Å². The fourth-order valence-electron chi connectivity index (χ4n) is 5.96. The van der Waals surface area contributed by atoms with Crippen molar-refractivity contribution < 1.29 is 4.79 Å². The minimum absolute atomic E-state index is 0.101. The van der Waals surface area contributed by atoms with E-state index in [9.17, 15) is 4.79 Å². The van der Waals surface area contributed by atoms with E-state index in [1.807, 2.05) is 54.9 Å². The van der Waals surface area contributed by atoms with Gasteiger partial charge in [-0.05, 0) is 61.9 Å². The van der Waals surface area contributed by atoms with Gasteiger partial charge in [-0.3, -0.25) is 9.88 Å². The number of carbonyl (C=O) groups excluding carboxylic acids is 1. The SMILES string of the molecule is CCC(CC)c1cc([C@H]2CN3CC[C@H]2C[C@@H]3CNC(=O)NCc2ccccc2)nc(-c2ccncc2)n1.